The zero-order valence-electron chi connectivity index (χ0n) is 13.5. The van der Waals surface area contributed by atoms with Crippen molar-refractivity contribution in [3.63, 3.8) is 0 Å². The maximum absolute atomic E-state index is 5.72. The van der Waals surface area contributed by atoms with Crippen molar-refractivity contribution in [2.24, 2.45) is 0 Å². The number of hydrogen-bond donors (Lipinski definition) is 1. The third-order valence-electron chi connectivity index (χ3n) is 3.36. The van der Waals surface area contributed by atoms with E-state index in [2.05, 4.69) is 31.3 Å². The monoisotopic (exact) mass is 299 g/mol. The van der Waals surface area contributed by atoms with E-state index in [1.165, 1.54) is 5.56 Å². The molecule has 2 aromatic rings. The molecular formula is C19H25NO2. The van der Waals surface area contributed by atoms with Gasteiger partial charge in [-0.15, -0.1) is 0 Å². The highest BCUT2D eigenvalue weighted by Gasteiger charge is 1.97. The Morgan fingerprint density at radius 2 is 1.36 bits per heavy atom. The zero-order chi connectivity index (χ0) is 15.6. The first-order chi connectivity index (χ1) is 10.8. The van der Waals surface area contributed by atoms with Crippen LogP contribution in [0.3, 0.4) is 0 Å². The summed E-state index contributed by atoms with van der Waals surface area (Å²) in [6.07, 6.45) is 2.08. The summed E-state index contributed by atoms with van der Waals surface area (Å²) in [7, 11) is 0. The first-order valence-corrected chi connectivity index (χ1v) is 8.00. The average molecular weight is 299 g/mol. The van der Waals surface area contributed by atoms with Crippen molar-refractivity contribution in [3.8, 4) is 11.5 Å². The van der Waals surface area contributed by atoms with Crippen molar-refractivity contribution in [1.29, 1.82) is 0 Å². The van der Waals surface area contributed by atoms with Gasteiger partial charge in [0, 0.05) is 12.2 Å². The summed E-state index contributed by atoms with van der Waals surface area (Å²) in [4.78, 5) is 0. The summed E-state index contributed by atoms with van der Waals surface area (Å²) < 4.78 is 11.3. The van der Waals surface area contributed by atoms with Crippen molar-refractivity contribution in [2.75, 3.05) is 25.1 Å². The Bertz CT molecular complexity index is 534. The second kappa shape index (κ2) is 8.98. The van der Waals surface area contributed by atoms with Gasteiger partial charge in [-0.25, -0.2) is 0 Å². The molecule has 3 nitrogen and oxygen atoms in total. The van der Waals surface area contributed by atoms with Crippen LogP contribution >= 0.6 is 0 Å². The number of rotatable bonds is 9. The van der Waals surface area contributed by atoms with E-state index in [1.54, 1.807) is 0 Å². The lowest BCUT2D eigenvalue weighted by molar-refractivity contribution is 0.317. The van der Waals surface area contributed by atoms with Gasteiger partial charge in [0.1, 0.15) is 18.1 Å². The molecule has 0 heterocycles. The number of benzene rings is 2. The van der Waals surface area contributed by atoms with Gasteiger partial charge >= 0.3 is 0 Å². The third kappa shape index (κ3) is 5.32. The molecule has 0 aromatic heterocycles. The van der Waals surface area contributed by atoms with Crippen LogP contribution in [0.15, 0.2) is 48.5 Å². The molecule has 0 bridgehead atoms. The predicted octanol–water partition coefficient (Wildman–Crippen LogP) is 4.53. The molecule has 118 valence electrons. The van der Waals surface area contributed by atoms with E-state index < -0.39 is 0 Å². The number of hydrogen-bond acceptors (Lipinski definition) is 3. The van der Waals surface area contributed by atoms with Crippen LogP contribution in [0.1, 0.15) is 25.8 Å². The predicted molar refractivity (Wildman–Crippen MR) is 92.0 cm³/mol. The molecule has 0 aliphatic rings. The summed E-state index contributed by atoms with van der Waals surface area (Å²) in [6, 6.07) is 16.3. The van der Waals surface area contributed by atoms with E-state index >= 15 is 0 Å². The molecule has 3 heteroatoms. The van der Waals surface area contributed by atoms with Gasteiger partial charge in [-0.1, -0.05) is 26.0 Å². The van der Waals surface area contributed by atoms with Crippen molar-refractivity contribution >= 4 is 5.69 Å². The van der Waals surface area contributed by atoms with Crippen molar-refractivity contribution < 1.29 is 9.47 Å². The molecule has 0 fully saturated rings. The standard InChI is InChI=1S/C19H25NO2/c1-3-14-21-19-11-7-17(8-12-19)20-13-15-22-18-9-5-16(4-2)6-10-18/h5-12,20H,3-4,13-15H2,1-2H3. The Kier molecular flexibility index (Phi) is 6.62. The van der Waals surface area contributed by atoms with E-state index in [0.29, 0.717) is 6.61 Å². The molecule has 0 radical (unpaired) electrons. The zero-order valence-corrected chi connectivity index (χ0v) is 13.5. The quantitative estimate of drug-likeness (QED) is 0.690. The van der Waals surface area contributed by atoms with E-state index in [1.807, 2.05) is 36.4 Å². The van der Waals surface area contributed by atoms with Gasteiger partial charge in [0.2, 0.25) is 0 Å². The van der Waals surface area contributed by atoms with Crippen LogP contribution in [0.4, 0.5) is 5.69 Å². The summed E-state index contributed by atoms with van der Waals surface area (Å²) in [5.41, 5.74) is 2.41. The van der Waals surface area contributed by atoms with Crippen molar-refractivity contribution in [3.05, 3.63) is 54.1 Å². The molecule has 0 aliphatic heterocycles. The molecule has 2 rings (SSSR count). The van der Waals surface area contributed by atoms with E-state index in [0.717, 1.165) is 43.2 Å². The molecule has 2 aromatic carbocycles. The molecule has 0 aliphatic carbocycles. The van der Waals surface area contributed by atoms with Gasteiger partial charge in [0.15, 0.2) is 0 Å². The summed E-state index contributed by atoms with van der Waals surface area (Å²) in [5, 5.41) is 3.34. The van der Waals surface area contributed by atoms with Crippen LogP contribution < -0.4 is 14.8 Å². The van der Waals surface area contributed by atoms with Crippen molar-refractivity contribution in [1.82, 2.24) is 0 Å². The molecule has 22 heavy (non-hydrogen) atoms. The fourth-order valence-corrected chi connectivity index (χ4v) is 2.07. The van der Waals surface area contributed by atoms with Gasteiger partial charge in [0.25, 0.3) is 0 Å². The Morgan fingerprint density at radius 3 is 1.95 bits per heavy atom. The fourth-order valence-electron chi connectivity index (χ4n) is 2.07. The van der Waals surface area contributed by atoms with E-state index in [9.17, 15) is 0 Å². The minimum Gasteiger partial charge on any atom is -0.494 e. The fraction of sp³-hybridized carbons (Fsp3) is 0.368. The highest BCUT2D eigenvalue weighted by Crippen LogP contribution is 2.16. The first kappa shape index (κ1) is 16.2. The van der Waals surface area contributed by atoms with Crippen LogP contribution in [-0.2, 0) is 6.42 Å². The van der Waals surface area contributed by atoms with Gasteiger partial charge < -0.3 is 14.8 Å². The Labute approximate surface area is 133 Å². The van der Waals surface area contributed by atoms with E-state index in [4.69, 9.17) is 9.47 Å². The van der Waals surface area contributed by atoms with Crippen LogP contribution in [0, 0.1) is 0 Å². The van der Waals surface area contributed by atoms with Crippen molar-refractivity contribution in [2.45, 2.75) is 26.7 Å². The topological polar surface area (TPSA) is 30.5 Å². The van der Waals surface area contributed by atoms with Crippen LogP contribution in [0.2, 0.25) is 0 Å². The second-order valence-corrected chi connectivity index (χ2v) is 5.15. The maximum atomic E-state index is 5.72. The van der Waals surface area contributed by atoms with E-state index in [-0.39, 0.29) is 0 Å². The summed E-state index contributed by atoms with van der Waals surface area (Å²) in [5.74, 6) is 1.84. The number of nitrogens with one attached hydrogen (secondary N) is 1. The van der Waals surface area contributed by atoms with Crippen LogP contribution in [-0.4, -0.2) is 19.8 Å². The van der Waals surface area contributed by atoms with Gasteiger partial charge in [-0.2, -0.15) is 0 Å². The van der Waals surface area contributed by atoms with Crippen LogP contribution in [0.5, 0.6) is 11.5 Å². The third-order valence-corrected chi connectivity index (χ3v) is 3.36. The molecule has 1 N–H and O–H groups in total. The molecule has 0 spiro atoms. The lowest BCUT2D eigenvalue weighted by Gasteiger charge is -2.10. The van der Waals surface area contributed by atoms with Gasteiger partial charge in [-0.05, 0) is 54.8 Å². The second-order valence-electron chi connectivity index (χ2n) is 5.15. The van der Waals surface area contributed by atoms with Crippen LogP contribution in [0.25, 0.3) is 0 Å². The summed E-state index contributed by atoms with van der Waals surface area (Å²) in [6.45, 7) is 6.42. The summed E-state index contributed by atoms with van der Waals surface area (Å²) >= 11 is 0. The molecule has 0 saturated carbocycles. The van der Waals surface area contributed by atoms with Gasteiger partial charge in [-0.3, -0.25) is 0 Å². The Hall–Kier alpha value is -2.16. The SMILES string of the molecule is CCCOc1ccc(NCCOc2ccc(CC)cc2)cc1. The van der Waals surface area contributed by atoms with Gasteiger partial charge in [0.05, 0.1) is 6.61 Å². The smallest absolute Gasteiger partial charge is 0.119 e. The first-order valence-electron chi connectivity index (χ1n) is 8.00. The largest absolute Gasteiger partial charge is 0.494 e. The number of ether oxygens (including phenoxy) is 2. The Balaban J connectivity index is 1.69. The number of anilines is 1. The molecular weight excluding hydrogens is 274 g/mol. The highest BCUT2D eigenvalue weighted by atomic mass is 16.5. The lowest BCUT2D eigenvalue weighted by atomic mass is 10.2. The number of aryl methyl sites for hydroxylation is 1. The maximum Gasteiger partial charge on any atom is 0.119 e. The Morgan fingerprint density at radius 1 is 0.773 bits per heavy atom. The lowest BCUT2D eigenvalue weighted by Crippen LogP contribution is -2.11. The minimum absolute atomic E-state index is 0.638. The highest BCUT2D eigenvalue weighted by molar-refractivity contribution is 5.46. The molecule has 0 saturated heterocycles. The normalized spacial score (nSPS) is 10.3. The molecule has 0 atom stereocenters. The molecule has 0 unspecified atom stereocenters. The average Bonchev–Trinajstić information content (AvgIpc) is 2.58. The minimum atomic E-state index is 0.638. The molecule has 0 amide bonds.